The molecule has 0 aliphatic rings. The third-order valence-corrected chi connectivity index (χ3v) is 0.830. The van der Waals surface area contributed by atoms with Gasteiger partial charge in [-0.25, -0.2) is 0 Å². The van der Waals surface area contributed by atoms with Crippen LogP contribution in [0.4, 0.5) is 0 Å². The van der Waals surface area contributed by atoms with Gasteiger partial charge in [-0.3, -0.25) is 0 Å². The van der Waals surface area contributed by atoms with Gasteiger partial charge in [0.15, 0.2) is 0 Å². The fraction of sp³-hybridized carbons (Fsp3) is 0. The summed E-state index contributed by atoms with van der Waals surface area (Å²) in [5.74, 6) is 0.176. The zero-order valence-electron chi connectivity index (χ0n) is 9.36. The van der Waals surface area contributed by atoms with Crippen molar-refractivity contribution in [3.63, 3.8) is 0 Å². The van der Waals surface area contributed by atoms with Crippen LogP contribution < -0.4 is 0 Å². The normalized spacial score (nSPS) is 6.40. The van der Waals surface area contributed by atoms with Gasteiger partial charge in [0.25, 0.3) is 0 Å². The third kappa shape index (κ3) is 53.3. The summed E-state index contributed by atoms with van der Waals surface area (Å²) in [6.45, 7) is 0. The number of rotatable bonds is 0. The maximum atomic E-state index is 8.65. The van der Waals surface area contributed by atoms with Gasteiger partial charge in [0.05, 0.1) is 10.2 Å². The largest absolute Gasteiger partial charge is 0 e. The van der Waals surface area contributed by atoms with Crippen molar-refractivity contribution in [2.45, 2.75) is 0 Å². The topological polar surface area (TPSA) is 207 Å². The minimum absolute atomic E-state index is 0. The third-order valence-electron chi connectivity index (χ3n) is 0.830. The van der Waals surface area contributed by atoms with Crippen LogP contribution >= 0.6 is 0 Å². The predicted molar refractivity (Wildman–Crippen MR) is 51.9 cm³/mol. The van der Waals surface area contributed by atoms with Crippen molar-refractivity contribution >= 4 is 0 Å². The van der Waals surface area contributed by atoms with Gasteiger partial charge in [0, 0.05) is 46.0 Å². The van der Waals surface area contributed by atoms with Crippen LogP contribution in [0.25, 0.3) is 0 Å². The molecule has 0 radical (unpaired) electrons. The van der Waals surface area contributed by atoms with Gasteiger partial charge in [0.1, 0.15) is 11.5 Å². The quantitative estimate of drug-likeness (QED) is 0.277. The summed E-state index contributed by atoms with van der Waals surface area (Å²) >= 11 is -2.51. The summed E-state index contributed by atoms with van der Waals surface area (Å²) in [4.78, 5) is 16.5. The maximum Gasteiger partial charge on any atom is 0 e. The average Bonchev–Trinajstić information content (AvgIpc) is 2.15. The van der Waals surface area contributed by atoms with Crippen molar-refractivity contribution in [2.75, 3.05) is 0 Å². The molecule has 0 saturated carbocycles. The molecule has 108 valence electrons. The van der Waals surface area contributed by atoms with E-state index in [0.717, 1.165) is 0 Å². The second-order valence-corrected chi connectivity index (χ2v) is 2.74. The SMILES string of the molecule is O=[N+]([O-])[O-].O=[N+]([O-])[O-].Oc1cccc(O)c1.[O]=[U+2]=[O].[Th]. The smallest absolute Gasteiger partial charge is 0 e. The van der Waals surface area contributed by atoms with Gasteiger partial charge in [-0.1, -0.05) is 6.07 Å². The Hall–Kier alpha value is -0.803. The van der Waals surface area contributed by atoms with E-state index in [4.69, 9.17) is 45.3 Å². The van der Waals surface area contributed by atoms with E-state index in [9.17, 15) is 0 Å². The molecule has 0 fully saturated rings. The Kier molecular flexibility index (Phi) is 28.2. The number of phenols is 2. The minimum atomic E-state index is -2.51. The zero-order chi connectivity index (χ0) is 15.8. The molecule has 20 heavy (non-hydrogen) atoms. The van der Waals surface area contributed by atoms with E-state index in [-0.39, 0.29) is 51.4 Å². The van der Waals surface area contributed by atoms with E-state index in [1.54, 1.807) is 6.07 Å². The van der Waals surface area contributed by atoms with E-state index >= 15 is 0 Å². The van der Waals surface area contributed by atoms with Crippen LogP contribution in [0.5, 0.6) is 11.5 Å². The first-order valence-corrected chi connectivity index (χ1v) is 7.17. The Morgan fingerprint density at radius 3 is 1.20 bits per heavy atom. The van der Waals surface area contributed by atoms with Crippen molar-refractivity contribution in [2.24, 2.45) is 0 Å². The van der Waals surface area contributed by atoms with Crippen molar-refractivity contribution < 1.29 is 92.6 Å². The fourth-order valence-electron chi connectivity index (χ4n) is 0.493. The van der Waals surface area contributed by atoms with Crippen LogP contribution in [0.2, 0.25) is 0 Å². The Morgan fingerprint density at radius 2 is 1.10 bits per heavy atom. The first kappa shape index (κ1) is 27.5. The summed E-state index contributed by atoms with van der Waals surface area (Å²) in [5.41, 5.74) is 0. The first-order chi connectivity index (χ1) is 8.67. The molecule has 0 aliphatic carbocycles. The van der Waals surface area contributed by atoms with Gasteiger partial charge in [-0.2, -0.15) is 0 Å². The van der Waals surface area contributed by atoms with Crippen molar-refractivity contribution in [3.05, 3.63) is 54.9 Å². The van der Waals surface area contributed by atoms with Crippen LogP contribution in [0, 0.1) is 98.4 Å². The summed E-state index contributed by atoms with van der Waals surface area (Å²) in [6, 6.07) is 5.85. The van der Waals surface area contributed by atoms with Crippen LogP contribution in [-0.4, -0.2) is 20.4 Å². The van der Waals surface area contributed by atoms with Crippen LogP contribution in [0.1, 0.15) is 0 Å². The number of hydrogen-bond donors (Lipinski definition) is 2. The standard InChI is InChI=1S/C6H6O2.2NO3.2O.Th.U/c7-5-2-1-3-6(8)4-5;2*2-1(3)4;;;;/h1-4,7-8H;;;;;;/q;2*-1;;;;+2. The van der Waals surface area contributed by atoms with Gasteiger partial charge in [-0.05, 0) is 12.1 Å². The van der Waals surface area contributed by atoms with Crippen molar-refractivity contribution in [3.8, 4) is 11.5 Å². The molecular formula is C6H6N2O10ThU. The number of benzene rings is 1. The number of hydrogen-bond acceptors (Lipinski definition) is 10. The Balaban J connectivity index is -0.0000000927. The fourth-order valence-corrected chi connectivity index (χ4v) is 0.493. The molecule has 2 N–H and O–H groups in total. The van der Waals surface area contributed by atoms with Crippen LogP contribution in [0.15, 0.2) is 24.3 Å². The molecule has 0 aliphatic heterocycles. The van der Waals surface area contributed by atoms with Gasteiger partial charge < -0.3 is 40.9 Å². The van der Waals surface area contributed by atoms with Crippen LogP contribution in [-0.2, 0) is 4.47 Å². The van der Waals surface area contributed by atoms with E-state index in [0.29, 0.717) is 0 Å². The first-order valence-electron chi connectivity index (χ1n) is 3.77. The van der Waals surface area contributed by atoms with Gasteiger partial charge in [0.2, 0.25) is 0 Å². The molecule has 0 amide bonds. The van der Waals surface area contributed by atoms with Crippen LogP contribution in [0.3, 0.4) is 0 Å². The molecule has 0 spiro atoms. The number of phenolic OH excluding ortho intramolecular Hbond substituents is 2. The summed E-state index contributed by atoms with van der Waals surface area (Å²) in [6.07, 6.45) is 0. The van der Waals surface area contributed by atoms with Gasteiger partial charge >= 0.3 is 32.3 Å². The summed E-state index contributed by atoms with van der Waals surface area (Å²) in [5, 5.41) is 46.8. The molecule has 12 nitrogen and oxygen atoms in total. The molecule has 0 unspecified atom stereocenters. The minimum Gasteiger partial charge on any atom is 0 e. The molecule has 0 aromatic heterocycles. The van der Waals surface area contributed by atoms with E-state index in [2.05, 4.69) is 0 Å². The molecule has 0 bridgehead atoms. The number of aromatic hydroxyl groups is 2. The second kappa shape index (κ2) is 20.5. The molecule has 14 heteroatoms. The monoisotopic (exact) mass is 736 g/mol. The molecule has 0 heterocycles. The Bertz CT molecular complexity index is 387. The zero-order valence-corrected chi connectivity index (χ0v) is 17.6. The summed E-state index contributed by atoms with van der Waals surface area (Å²) < 4.78 is 17.2. The van der Waals surface area contributed by atoms with Gasteiger partial charge in [-0.15, -0.1) is 0 Å². The molecular weight excluding hydrogens is 730 g/mol. The molecule has 1 aromatic rings. The Morgan fingerprint density at radius 1 is 0.900 bits per heavy atom. The second-order valence-electron chi connectivity index (χ2n) is 2.05. The van der Waals surface area contributed by atoms with E-state index in [1.165, 1.54) is 18.2 Å². The van der Waals surface area contributed by atoms with Crippen molar-refractivity contribution in [1.82, 2.24) is 0 Å². The predicted octanol–water partition coefficient (Wildman–Crippen LogP) is 0.382. The van der Waals surface area contributed by atoms with E-state index in [1.807, 2.05) is 0 Å². The van der Waals surface area contributed by atoms with E-state index < -0.39 is 38.0 Å². The molecule has 0 atom stereocenters. The molecule has 0 saturated heterocycles. The van der Waals surface area contributed by atoms with Crippen molar-refractivity contribution in [1.29, 1.82) is 0 Å². The number of nitrogens with zero attached hydrogens (tertiary/aromatic N) is 2. The maximum absolute atomic E-state index is 8.65. The molecule has 1 rings (SSSR count). The Labute approximate surface area is 157 Å². The average molecular weight is 736 g/mol. The molecule has 1 aromatic carbocycles. The summed E-state index contributed by atoms with van der Waals surface area (Å²) in [7, 11) is 0.